The van der Waals surface area contributed by atoms with E-state index in [-0.39, 0.29) is 6.61 Å². The Kier molecular flexibility index (Phi) is 9.88. The first-order chi connectivity index (χ1) is 19.8. The molecule has 1 fully saturated rings. The molecule has 0 bridgehead atoms. The minimum Gasteiger partial charge on any atom is -0.374 e. The van der Waals surface area contributed by atoms with Crippen molar-refractivity contribution in [1.82, 2.24) is 0 Å². The van der Waals surface area contributed by atoms with E-state index in [0.717, 1.165) is 28.5 Å². The van der Waals surface area contributed by atoms with Crippen molar-refractivity contribution in [1.29, 1.82) is 0 Å². The van der Waals surface area contributed by atoms with Gasteiger partial charge in [0.1, 0.15) is 18.0 Å². The Morgan fingerprint density at radius 1 is 0.600 bits per heavy atom. The molecular formula is C35H36O5. The van der Waals surface area contributed by atoms with Crippen LogP contribution in [0.15, 0.2) is 121 Å². The number of hydrogen-bond acceptors (Lipinski definition) is 5. The Labute approximate surface area is 236 Å². The molecule has 5 nitrogen and oxygen atoms in total. The van der Waals surface area contributed by atoms with Gasteiger partial charge in [-0.15, -0.1) is 0 Å². The van der Waals surface area contributed by atoms with Gasteiger partial charge in [0.2, 0.25) is 0 Å². The van der Waals surface area contributed by atoms with Crippen molar-refractivity contribution in [3.8, 4) is 0 Å². The lowest BCUT2D eigenvalue weighted by molar-refractivity contribution is -0.196. The molecule has 0 amide bonds. The van der Waals surface area contributed by atoms with E-state index in [0.29, 0.717) is 32.8 Å². The van der Waals surface area contributed by atoms with Gasteiger partial charge in [-0.1, -0.05) is 121 Å². The minimum absolute atomic E-state index is 0.268. The third-order valence-electron chi connectivity index (χ3n) is 7.38. The predicted molar refractivity (Wildman–Crippen MR) is 154 cm³/mol. The summed E-state index contributed by atoms with van der Waals surface area (Å²) < 4.78 is 26.2. The van der Waals surface area contributed by atoms with Crippen molar-refractivity contribution in [3.05, 3.63) is 144 Å². The second-order valence-electron chi connectivity index (χ2n) is 10.3. The van der Waals surface area contributed by atoms with Gasteiger partial charge in [-0.3, -0.25) is 0 Å². The third-order valence-corrected chi connectivity index (χ3v) is 7.38. The Morgan fingerprint density at radius 2 is 1.05 bits per heavy atom. The van der Waals surface area contributed by atoms with Gasteiger partial charge in [0.25, 0.3) is 0 Å². The van der Waals surface area contributed by atoms with Gasteiger partial charge in [0.05, 0.1) is 39.1 Å². The largest absolute Gasteiger partial charge is 0.374 e. The quantitative estimate of drug-likeness (QED) is 0.171. The topological polar surface area (TPSA) is 54.0 Å². The van der Waals surface area contributed by atoms with E-state index in [1.807, 2.05) is 121 Å². The summed E-state index contributed by atoms with van der Waals surface area (Å²) in [5, 5.41) is 0. The maximum absolute atomic E-state index is 12.5. The minimum atomic E-state index is -0.883. The summed E-state index contributed by atoms with van der Waals surface area (Å²) in [5.74, 6) is -0.402. The molecule has 5 heteroatoms. The van der Waals surface area contributed by atoms with Crippen LogP contribution in [0.4, 0.5) is 0 Å². The summed E-state index contributed by atoms with van der Waals surface area (Å²) in [5.41, 5.74) is 3.32. The highest BCUT2D eigenvalue weighted by molar-refractivity contribution is 5.56. The highest BCUT2D eigenvalue weighted by atomic mass is 16.6. The van der Waals surface area contributed by atoms with Crippen LogP contribution in [0, 0.1) is 5.92 Å². The van der Waals surface area contributed by atoms with Crippen LogP contribution in [0.25, 0.3) is 0 Å². The van der Waals surface area contributed by atoms with Crippen molar-refractivity contribution >= 4 is 6.29 Å². The predicted octanol–water partition coefficient (Wildman–Crippen LogP) is 6.55. The van der Waals surface area contributed by atoms with Crippen LogP contribution < -0.4 is 0 Å². The van der Waals surface area contributed by atoms with Crippen LogP contribution in [-0.2, 0) is 50.2 Å². The average molecular weight is 537 g/mol. The fourth-order valence-corrected chi connectivity index (χ4v) is 5.31. The smallest absolute Gasteiger partial charge is 0.125 e. The highest BCUT2D eigenvalue weighted by Crippen LogP contribution is 2.43. The van der Waals surface area contributed by atoms with Gasteiger partial charge in [0.15, 0.2) is 0 Å². The zero-order valence-electron chi connectivity index (χ0n) is 22.6. The van der Waals surface area contributed by atoms with Crippen LogP contribution in [0.1, 0.15) is 28.7 Å². The van der Waals surface area contributed by atoms with E-state index < -0.39 is 23.7 Å². The molecule has 206 valence electrons. The molecule has 0 N–H and O–H groups in total. The zero-order chi connectivity index (χ0) is 27.5. The molecule has 0 heterocycles. The van der Waals surface area contributed by atoms with Crippen LogP contribution in [-0.4, -0.2) is 30.7 Å². The van der Waals surface area contributed by atoms with Crippen LogP contribution in [0.3, 0.4) is 0 Å². The van der Waals surface area contributed by atoms with Gasteiger partial charge < -0.3 is 23.7 Å². The first-order valence-corrected chi connectivity index (χ1v) is 13.8. The Morgan fingerprint density at radius 3 is 1.55 bits per heavy atom. The Bertz CT molecular complexity index is 1280. The van der Waals surface area contributed by atoms with Gasteiger partial charge in [-0.25, -0.2) is 0 Å². The average Bonchev–Trinajstić information content (AvgIpc) is 3.32. The fourth-order valence-electron chi connectivity index (χ4n) is 5.31. The number of benzene rings is 4. The summed E-state index contributed by atoms with van der Waals surface area (Å²) in [7, 11) is 0. The molecule has 0 unspecified atom stereocenters. The van der Waals surface area contributed by atoms with Crippen LogP contribution in [0.5, 0.6) is 0 Å². The van der Waals surface area contributed by atoms with Crippen molar-refractivity contribution in [2.24, 2.45) is 5.92 Å². The van der Waals surface area contributed by atoms with E-state index in [9.17, 15) is 4.79 Å². The molecular weight excluding hydrogens is 500 g/mol. The SMILES string of the molecule is O=C[C@@H]1C[C@@](COCc2ccccc2)(OCc2ccccc2)[C@@H](OCc2ccccc2)[C@@H]1OCc1ccccc1. The van der Waals surface area contributed by atoms with Crippen molar-refractivity contribution < 1.29 is 23.7 Å². The van der Waals surface area contributed by atoms with Crippen LogP contribution in [0.2, 0.25) is 0 Å². The standard InChI is InChI=1S/C35H36O5/c36-22-32-21-35(40-26-31-19-11-4-12-20-31,27-37-23-28-13-5-1-6-14-28)34(39-25-30-17-9-3-10-18-30)33(32)38-24-29-15-7-2-8-16-29/h1-20,22,32-34H,21,23-27H2/t32-,33+,34-,35-/m0/s1. The van der Waals surface area contributed by atoms with Crippen LogP contribution >= 0.6 is 0 Å². The molecule has 0 aliphatic heterocycles. The highest BCUT2D eigenvalue weighted by Gasteiger charge is 2.56. The number of aldehydes is 1. The number of rotatable bonds is 14. The third kappa shape index (κ3) is 7.32. The maximum atomic E-state index is 12.5. The maximum Gasteiger partial charge on any atom is 0.125 e. The Balaban J connectivity index is 1.42. The number of hydrogen-bond donors (Lipinski definition) is 0. The monoisotopic (exact) mass is 536 g/mol. The molecule has 1 saturated carbocycles. The molecule has 5 rings (SSSR count). The fraction of sp³-hybridized carbons (Fsp3) is 0.286. The Hall–Kier alpha value is -3.61. The van der Waals surface area contributed by atoms with E-state index >= 15 is 0 Å². The molecule has 0 aromatic heterocycles. The van der Waals surface area contributed by atoms with E-state index in [2.05, 4.69) is 0 Å². The van der Waals surface area contributed by atoms with Crippen molar-refractivity contribution in [2.45, 2.75) is 50.7 Å². The molecule has 4 aromatic rings. The molecule has 1 aliphatic carbocycles. The molecule has 0 spiro atoms. The molecule has 4 aromatic carbocycles. The normalized spacial score (nSPS) is 22.2. The molecule has 4 atom stereocenters. The van der Waals surface area contributed by atoms with Gasteiger partial charge in [-0.05, 0) is 28.7 Å². The lowest BCUT2D eigenvalue weighted by Crippen LogP contribution is -2.50. The summed E-state index contributed by atoms with van der Waals surface area (Å²) in [6, 6.07) is 40.1. The van der Waals surface area contributed by atoms with Gasteiger partial charge in [0, 0.05) is 5.92 Å². The van der Waals surface area contributed by atoms with Gasteiger partial charge in [-0.2, -0.15) is 0 Å². The van der Waals surface area contributed by atoms with Crippen molar-refractivity contribution in [3.63, 3.8) is 0 Å². The zero-order valence-corrected chi connectivity index (χ0v) is 22.6. The number of carbonyl (C=O) groups is 1. The summed E-state index contributed by atoms with van der Waals surface area (Å²) in [6.45, 7) is 1.82. The van der Waals surface area contributed by atoms with Gasteiger partial charge >= 0.3 is 0 Å². The van der Waals surface area contributed by atoms with E-state index in [1.54, 1.807) is 0 Å². The number of ether oxygens (including phenoxy) is 4. The summed E-state index contributed by atoms with van der Waals surface area (Å²) in [6.07, 6.45) is 0.416. The first kappa shape index (κ1) is 27.9. The lowest BCUT2D eigenvalue weighted by atomic mass is 9.98. The first-order valence-electron chi connectivity index (χ1n) is 13.8. The summed E-state index contributed by atoms with van der Waals surface area (Å²) in [4.78, 5) is 12.5. The van der Waals surface area contributed by atoms with E-state index in [1.165, 1.54) is 0 Å². The molecule has 1 aliphatic rings. The second-order valence-corrected chi connectivity index (χ2v) is 10.3. The van der Waals surface area contributed by atoms with Crippen molar-refractivity contribution in [2.75, 3.05) is 6.61 Å². The summed E-state index contributed by atoms with van der Waals surface area (Å²) >= 11 is 0. The molecule has 0 saturated heterocycles. The van der Waals surface area contributed by atoms with E-state index in [4.69, 9.17) is 18.9 Å². The molecule has 0 radical (unpaired) electrons. The second kappa shape index (κ2) is 14.1. The molecule has 40 heavy (non-hydrogen) atoms. The number of carbonyl (C=O) groups excluding carboxylic acids is 1. The lowest BCUT2D eigenvalue weighted by Gasteiger charge is -2.37.